The summed E-state index contributed by atoms with van der Waals surface area (Å²) in [6, 6.07) is 52.3. The number of fused-ring (bicyclic) bond motifs is 11. The second-order valence-electron chi connectivity index (χ2n) is 21.4. The molecule has 22 aromatic rings. The molecule has 18 heterocycles. The van der Waals surface area contributed by atoms with Crippen molar-refractivity contribution in [1.29, 1.82) is 0 Å². The van der Waals surface area contributed by atoms with Gasteiger partial charge < -0.3 is 8.80 Å². The maximum Gasteiger partial charge on any atom is 0.253 e. The Hall–Kier alpha value is -15.7. The van der Waals surface area contributed by atoms with Crippen LogP contribution in [0.4, 0.5) is 0 Å². The first kappa shape index (κ1) is 106. The Balaban J connectivity index is 0.000000463. The summed E-state index contributed by atoms with van der Waals surface area (Å²) in [6.45, 7) is 42.2. The van der Waals surface area contributed by atoms with Crippen LogP contribution >= 0.6 is 0 Å². The van der Waals surface area contributed by atoms with Crippen molar-refractivity contribution in [2.45, 2.75) is 145 Å². The van der Waals surface area contributed by atoms with Gasteiger partial charge in [-0.2, -0.15) is 15.3 Å². The zero-order valence-electron chi connectivity index (χ0n) is 76.5. The van der Waals surface area contributed by atoms with Crippen molar-refractivity contribution in [3.8, 4) is 0 Å². The highest BCUT2D eigenvalue weighted by Crippen LogP contribution is 2.25. The minimum Gasteiger partial charge on any atom is -0.307 e. The molecule has 0 aliphatic rings. The monoisotopic (exact) mass is 1690 g/mol. The number of benzene rings is 4. The number of aromatic nitrogens is 29. The quantitative estimate of drug-likeness (QED) is 0.127. The third kappa shape index (κ3) is 37.9. The molecule has 22 rings (SSSR count). The fourth-order valence-corrected chi connectivity index (χ4v) is 9.66. The van der Waals surface area contributed by atoms with Gasteiger partial charge in [-0.05, 0) is 91.3 Å². The molecule has 0 bridgehead atoms. The van der Waals surface area contributed by atoms with Gasteiger partial charge in [0.1, 0.15) is 54.0 Å². The average molecular weight is 1690 g/mol. The van der Waals surface area contributed by atoms with Crippen molar-refractivity contribution in [2.75, 3.05) is 0 Å². The maximum atomic E-state index is 4.64. The van der Waals surface area contributed by atoms with Crippen LogP contribution in [0.15, 0.2) is 357 Å². The fraction of sp³-hybridized carbons (Fsp3) is 0.216. The highest BCUT2D eigenvalue weighted by Gasteiger charge is 2.04. The number of para-hydroxylation sites is 4. The van der Waals surface area contributed by atoms with Crippen LogP contribution in [-0.2, 0) is 0 Å². The highest BCUT2D eigenvalue weighted by atomic mass is 15.2. The fourth-order valence-electron chi connectivity index (χ4n) is 9.66. The SMILES string of the molecule is CC.CC.CC.CC.CC.CC.CC.CC.CC.CC.Cc1c2ccccc2nc2ccccc12.c1cc2nccn2cn1.c1cc2nccnc2cn1.c1ccc2nc3ccccc3cc2c1.c1ccn2ccnc2c1.c1cn2ccnc2cn1.c1cn2ccnc2nn1.c1cnc2nccnc2c1.c1cnn2ccnc2c1.c1cnncn1.c1ncncn1. The van der Waals surface area contributed by atoms with Gasteiger partial charge in [0.15, 0.2) is 16.9 Å². The lowest BCUT2D eigenvalue weighted by Gasteiger charge is -2.05. The molecule has 18 aromatic heterocycles. The molecule has 654 valence electrons. The van der Waals surface area contributed by atoms with Crippen LogP contribution < -0.4 is 0 Å². The molecule has 0 N–H and O–H groups in total. The minimum absolute atomic E-state index is 0.637. The first-order valence-corrected chi connectivity index (χ1v) is 42.4. The second-order valence-corrected chi connectivity index (χ2v) is 21.4. The van der Waals surface area contributed by atoms with Crippen LogP contribution in [0.2, 0.25) is 0 Å². The minimum atomic E-state index is 0.637. The highest BCUT2D eigenvalue weighted by molar-refractivity contribution is 5.97. The van der Waals surface area contributed by atoms with E-state index in [0.29, 0.717) is 11.4 Å². The van der Waals surface area contributed by atoms with Crippen molar-refractivity contribution < 1.29 is 0 Å². The van der Waals surface area contributed by atoms with E-state index in [9.17, 15) is 0 Å². The van der Waals surface area contributed by atoms with Crippen LogP contribution in [-0.4, -0.2) is 142 Å². The summed E-state index contributed by atoms with van der Waals surface area (Å²) in [5.74, 6) is 0.637. The van der Waals surface area contributed by atoms with Crippen molar-refractivity contribution in [3.63, 3.8) is 0 Å². The van der Waals surface area contributed by atoms with E-state index >= 15 is 0 Å². The normalized spacial score (nSPS) is 8.99. The van der Waals surface area contributed by atoms with E-state index < -0.39 is 0 Å². The Bertz CT molecular complexity index is 5310. The lowest BCUT2D eigenvalue weighted by Crippen LogP contribution is -1.87. The molecule has 0 saturated carbocycles. The van der Waals surface area contributed by atoms with Crippen LogP contribution in [0.25, 0.3) is 94.2 Å². The van der Waals surface area contributed by atoms with Crippen LogP contribution in [0.5, 0.6) is 0 Å². The van der Waals surface area contributed by atoms with Crippen molar-refractivity contribution in [1.82, 2.24) is 142 Å². The zero-order valence-corrected chi connectivity index (χ0v) is 76.5. The van der Waals surface area contributed by atoms with Gasteiger partial charge in [0.25, 0.3) is 5.78 Å². The Morgan fingerprint density at radius 3 is 1.25 bits per heavy atom. The van der Waals surface area contributed by atoms with Crippen LogP contribution in [0.1, 0.15) is 144 Å². The van der Waals surface area contributed by atoms with Gasteiger partial charge in [0.05, 0.1) is 52.4 Å². The topological polar surface area (TPSA) is 331 Å². The molecule has 0 amide bonds. The summed E-state index contributed by atoms with van der Waals surface area (Å²) in [4.78, 5) is 75.5. The van der Waals surface area contributed by atoms with Crippen LogP contribution in [0.3, 0.4) is 0 Å². The Morgan fingerprint density at radius 2 is 0.698 bits per heavy atom. The van der Waals surface area contributed by atoms with Gasteiger partial charge >= 0.3 is 0 Å². The summed E-state index contributed by atoms with van der Waals surface area (Å²) < 4.78 is 9.26. The smallest absolute Gasteiger partial charge is 0.253 e. The molecule has 126 heavy (non-hydrogen) atoms. The first-order valence-electron chi connectivity index (χ1n) is 42.4. The predicted octanol–water partition coefficient (Wildman–Crippen LogP) is 22.8. The molecule has 0 unspecified atom stereocenters. The lowest BCUT2D eigenvalue weighted by atomic mass is 10.0. The standard InChI is InChI=1S/C14H11N.C13H9N.2C7H5N3.C7H6N2.3C6H5N3.C5H4N4.2C3H3N3.10C2H6/c1-10-11-6-2-4-8-13(11)15-14-9-5-3-7-12(10)14;1-3-7-12-10(5-1)9-11-6-2-4-8-13(11)14-12;1-2-8-5-7-6(1)9-3-4-10-7;1-2-6-7(9-3-1)10-5-4-8-6;1-2-5-9-6-4-8-7(9)3-1;1-3-9-4-2-8-6(9)5-7-1;1-2-7-5-9-4-3-8-6(1)9;1-2-6-7-4-5-9(6)8-3-1;1-3-9-4-2-7-8-5(9)6-1;1-4-2-6-3-5-1;1-2-5-6-3-4-1;10*1-2/h2-9H,1H3;1-9H;2*1-5H;1-6H;3*1-5H;1-4H;2*1-3H;10*1-2H3. The molecule has 29 nitrogen and oxygen atoms in total. The van der Waals surface area contributed by atoms with Gasteiger partial charge in [-0.1, -0.05) is 217 Å². The van der Waals surface area contributed by atoms with E-state index in [1.807, 2.05) is 298 Å². The van der Waals surface area contributed by atoms with Gasteiger partial charge in [0, 0.05) is 164 Å². The predicted molar refractivity (Wildman–Crippen MR) is 516 cm³/mol. The Labute approximate surface area is 740 Å². The number of rotatable bonds is 0. The van der Waals surface area contributed by atoms with E-state index in [4.69, 9.17) is 0 Å². The number of aryl methyl sites for hydroxylation is 1. The van der Waals surface area contributed by atoms with Crippen molar-refractivity contribution >= 4 is 94.2 Å². The van der Waals surface area contributed by atoms with Gasteiger partial charge in [0.2, 0.25) is 0 Å². The summed E-state index contributed by atoms with van der Waals surface area (Å²) in [6.07, 6.45) is 54.4. The molecule has 0 saturated heterocycles. The number of hydrogen-bond acceptors (Lipinski definition) is 24. The number of imidazole rings is 5. The Kier molecular flexibility index (Phi) is 59.1. The molecular formula is C97H121N29. The molecule has 4 aromatic carbocycles. The summed E-state index contributed by atoms with van der Waals surface area (Å²) >= 11 is 0. The van der Waals surface area contributed by atoms with Crippen molar-refractivity contribution in [2.24, 2.45) is 0 Å². The van der Waals surface area contributed by atoms with E-state index in [2.05, 4.69) is 182 Å². The molecular weight excluding hydrogens is 1570 g/mol. The third-order valence-electron chi connectivity index (χ3n) is 14.6. The zero-order chi connectivity index (χ0) is 92.3. The molecule has 0 aliphatic carbocycles. The molecule has 0 atom stereocenters. The first-order chi connectivity index (χ1) is 62.6. The number of pyridine rings is 5. The number of hydrogen-bond donors (Lipinski definition) is 0. The van der Waals surface area contributed by atoms with E-state index in [1.54, 1.807) is 133 Å². The molecule has 0 spiro atoms. The summed E-state index contributed by atoms with van der Waals surface area (Å²) in [5.41, 5.74) is 12.6. The molecule has 0 radical (unpaired) electrons. The van der Waals surface area contributed by atoms with E-state index in [1.165, 1.54) is 58.6 Å². The summed E-state index contributed by atoms with van der Waals surface area (Å²) in [7, 11) is 0. The largest absolute Gasteiger partial charge is 0.307 e. The van der Waals surface area contributed by atoms with Gasteiger partial charge in [-0.15, -0.1) is 10.2 Å². The van der Waals surface area contributed by atoms with E-state index in [0.717, 1.165) is 61.2 Å². The molecule has 0 fully saturated rings. The average Bonchev–Trinajstić information content (AvgIpc) is 1.14. The number of nitrogens with zero attached hydrogens (tertiary/aromatic N) is 29. The van der Waals surface area contributed by atoms with Gasteiger partial charge in [-0.3, -0.25) is 33.7 Å². The van der Waals surface area contributed by atoms with Gasteiger partial charge in [-0.25, -0.2) is 74.3 Å². The summed E-state index contributed by atoms with van der Waals surface area (Å²) in [5, 5.41) is 23.2. The third-order valence-corrected chi connectivity index (χ3v) is 14.6. The Morgan fingerprint density at radius 1 is 0.238 bits per heavy atom. The molecule has 29 heteroatoms. The van der Waals surface area contributed by atoms with Crippen LogP contribution in [0, 0.1) is 6.92 Å². The molecule has 0 aliphatic heterocycles. The lowest BCUT2D eigenvalue weighted by molar-refractivity contribution is 0.936. The second kappa shape index (κ2) is 70.0. The van der Waals surface area contributed by atoms with Crippen molar-refractivity contribution in [3.05, 3.63) is 362 Å². The maximum absolute atomic E-state index is 4.64. The van der Waals surface area contributed by atoms with E-state index in [-0.39, 0.29) is 0 Å².